The highest BCUT2D eigenvalue weighted by Gasteiger charge is 2.30. The highest BCUT2D eigenvalue weighted by atomic mass is 16.6. The van der Waals surface area contributed by atoms with Crippen LogP contribution in [0.2, 0.25) is 0 Å². The van der Waals surface area contributed by atoms with Gasteiger partial charge in [-0.25, -0.2) is 0 Å². The average molecular weight is 325 g/mol. The predicted octanol–water partition coefficient (Wildman–Crippen LogP) is 2.15. The fourth-order valence-corrected chi connectivity index (χ4v) is 2.71. The van der Waals surface area contributed by atoms with Gasteiger partial charge in [-0.15, -0.1) is 0 Å². The Morgan fingerprint density at radius 2 is 1.88 bits per heavy atom. The van der Waals surface area contributed by atoms with Crippen molar-refractivity contribution in [2.75, 3.05) is 23.4 Å². The average Bonchev–Trinajstić information content (AvgIpc) is 2.58. The fraction of sp³-hybridized carbons (Fsp3) is 0.176. The summed E-state index contributed by atoms with van der Waals surface area (Å²) in [5.74, 6) is -0.453. The summed E-state index contributed by atoms with van der Waals surface area (Å²) >= 11 is 0. The van der Waals surface area contributed by atoms with E-state index in [1.165, 1.54) is 21.9 Å². The Bertz CT molecular complexity index is 834. The molecule has 2 aromatic rings. The maximum Gasteiger partial charge on any atom is 0.269 e. The van der Waals surface area contributed by atoms with E-state index in [-0.39, 0.29) is 30.5 Å². The minimum atomic E-state index is -0.497. The number of hydrogen-bond acceptors (Lipinski definition) is 4. The van der Waals surface area contributed by atoms with Crippen molar-refractivity contribution in [2.45, 2.75) is 6.42 Å². The number of nitrogens with zero attached hydrogens (tertiary/aromatic N) is 3. The molecule has 0 radical (unpaired) electrons. The Kier molecular flexibility index (Phi) is 3.99. The number of rotatable bonds is 3. The monoisotopic (exact) mass is 325 g/mol. The van der Waals surface area contributed by atoms with Crippen molar-refractivity contribution in [1.29, 1.82) is 0 Å². The number of para-hydroxylation sites is 2. The van der Waals surface area contributed by atoms with Gasteiger partial charge in [-0.3, -0.25) is 19.7 Å². The van der Waals surface area contributed by atoms with E-state index in [9.17, 15) is 19.7 Å². The molecule has 2 amide bonds. The Hall–Kier alpha value is -3.22. The van der Waals surface area contributed by atoms with E-state index in [4.69, 9.17) is 0 Å². The second kappa shape index (κ2) is 6.11. The topological polar surface area (TPSA) is 83.8 Å². The third-order valence-electron chi connectivity index (χ3n) is 3.98. The van der Waals surface area contributed by atoms with E-state index >= 15 is 0 Å². The van der Waals surface area contributed by atoms with Crippen LogP contribution in [0.3, 0.4) is 0 Å². The number of nitro benzene ring substituents is 1. The minimum Gasteiger partial charge on any atom is -0.312 e. The Morgan fingerprint density at radius 1 is 1.17 bits per heavy atom. The van der Waals surface area contributed by atoms with Crippen LogP contribution in [0.1, 0.15) is 5.56 Å². The van der Waals surface area contributed by atoms with Crippen LogP contribution in [0, 0.1) is 10.1 Å². The van der Waals surface area contributed by atoms with E-state index in [0.29, 0.717) is 16.9 Å². The minimum absolute atomic E-state index is 0.00694. The Labute approximate surface area is 138 Å². The first-order chi connectivity index (χ1) is 11.5. The normalized spacial score (nSPS) is 13.6. The van der Waals surface area contributed by atoms with Crippen molar-refractivity contribution in [2.24, 2.45) is 0 Å². The molecule has 0 aromatic heterocycles. The molecular weight excluding hydrogens is 310 g/mol. The summed E-state index contributed by atoms with van der Waals surface area (Å²) in [6.07, 6.45) is -0.00694. The van der Waals surface area contributed by atoms with Gasteiger partial charge < -0.3 is 9.80 Å². The first-order valence-electron chi connectivity index (χ1n) is 7.36. The zero-order chi connectivity index (χ0) is 17.3. The smallest absolute Gasteiger partial charge is 0.269 e. The molecule has 122 valence electrons. The Morgan fingerprint density at radius 3 is 2.58 bits per heavy atom. The van der Waals surface area contributed by atoms with Gasteiger partial charge in [0, 0.05) is 19.2 Å². The van der Waals surface area contributed by atoms with E-state index in [2.05, 4.69) is 0 Å². The number of anilines is 2. The molecule has 0 bridgehead atoms. The molecule has 0 N–H and O–H groups in total. The molecule has 0 spiro atoms. The van der Waals surface area contributed by atoms with Crippen LogP contribution in [0.4, 0.5) is 17.1 Å². The number of carbonyl (C=O) groups excluding carboxylic acids is 2. The quantitative estimate of drug-likeness (QED) is 0.639. The van der Waals surface area contributed by atoms with Gasteiger partial charge in [-0.2, -0.15) is 0 Å². The molecule has 24 heavy (non-hydrogen) atoms. The number of carbonyl (C=O) groups is 2. The van der Waals surface area contributed by atoms with Crippen molar-refractivity contribution in [3.05, 3.63) is 64.2 Å². The van der Waals surface area contributed by atoms with Gasteiger partial charge in [0.1, 0.15) is 6.54 Å². The van der Waals surface area contributed by atoms with Gasteiger partial charge in [0.2, 0.25) is 11.8 Å². The number of non-ortho nitro benzene ring substituents is 1. The molecule has 3 rings (SSSR count). The van der Waals surface area contributed by atoms with Gasteiger partial charge in [-0.1, -0.05) is 24.3 Å². The largest absolute Gasteiger partial charge is 0.312 e. The van der Waals surface area contributed by atoms with Gasteiger partial charge in [0.25, 0.3) is 5.69 Å². The molecule has 0 unspecified atom stereocenters. The van der Waals surface area contributed by atoms with Crippen LogP contribution in [0.15, 0.2) is 48.5 Å². The number of likely N-dealkylation sites (N-methyl/N-ethyl adjacent to an activating group) is 1. The zero-order valence-electron chi connectivity index (χ0n) is 13.0. The Balaban J connectivity index is 1.88. The molecule has 0 fully saturated rings. The summed E-state index contributed by atoms with van der Waals surface area (Å²) in [5, 5.41) is 10.8. The molecule has 1 aliphatic rings. The summed E-state index contributed by atoms with van der Waals surface area (Å²) in [7, 11) is 1.67. The molecule has 7 heteroatoms. The van der Waals surface area contributed by atoms with Gasteiger partial charge in [-0.05, 0) is 17.7 Å². The van der Waals surface area contributed by atoms with Gasteiger partial charge in [0.15, 0.2) is 0 Å². The number of amides is 2. The van der Waals surface area contributed by atoms with E-state index in [1.54, 1.807) is 43.4 Å². The first kappa shape index (κ1) is 15.7. The van der Waals surface area contributed by atoms with Crippen LogP contribution in [-0.2, 0) is 16.0 Å². The summed E-state index contributed by atoms with van der Waals surface area (Å²) < 4.78 is 0. The van der Waals surface area contributed by atoms with Crippen molar-refractivity contribution >= 4 is 28.9 Å². The predicted molar refractivity (Wildman–Crippen MR) is 89.0 cm³/mol. The van der Waals surface area contributed by atoms with Gasteiger partial charge in [0.05, 0.1) is 22.7 Å². The summed E-state index contributed by atoms with van der Waals surface area (Å²) in [6, 6.07) is 13.1. The van der Waals surface area contributed by atoms with Crippen LogP contribution in [0.5, 0.6) is 0 Å². The summed E-state index contributed by atoms with van der Waals surface area (Å²) in [5.41, 5.74) is 1.81. The van der Waals surface area contributed by atoms with Crippen LogP contribution in [-0.4, -0.2) is 30.3 Å². The molecular formula is C17H15N3O4. The summed E-state index contributed by atoms with van der Waals surface area (Å²) in [4.78, 5) is 38.1. The molecule has 1 heterocycles. The molecule has 7 nitrogen and oxygen atoms in total. The van der Waals surface area contributed by atoms with Crippen LogP contribution in [0.25, 0.3) is 0 Å². The van der Waals surface area contributed by atoms with Crippen molar-refractivity contribution in [1.82, 2.24) is 0 Å². The van der Waals surface area contributed by atoms with E-state index in [1.807, 2.05) is 0 Å². The van der Waals surface area contributed by atoms with Gasteiger partial charge >= 0.3 is 0 Å². The third-order valence-corrected chi connectivity index (χ3v) is 3.98. The standard InChI is InChI=1S/C17H15N3O4/c1-18-14-7-2-3-8-15(14)19(11-17(18)22)16(21)10-12-5-4-6-13(9-12)20(23)24/h2-9H,10-11H2,1H3. The molecule has 0 atom stereocenters. The second-order valence-corrected chi connectivity index (χ2v) is 5.53. The maximum atomic E-state index is 12.6. The lowest BCUT2D eigenvalue weighted by atomic mass is 10.1. The second-order valence-electron chi connectivity index (χ2n) is 5.53. The molecule has 0 saturated carbocycles. The highest BCUT2D eigenvalue weighted by Crippen LogP contribution is 2.32. The molecule has 0 aliphatic carbocycles. The number of benzene rings is 2. The van der Waals surface area contributed by atoms with Crippen molar-refractivity contribution < 1.29 is 14.5 Å². The molecule has 1 aliphatic heterocycles. The molecule has 2 aromatic carbocycles. The maximum absolute atomic E-state index is 12.6. The van der Waals surface area contributed by atoms with Crippen molar-refractivity contribution in [3.8, 4) is 0 Å². The summed E-state index contributed by atoms with van der Waals surface area (Å²) in [6.45, 7) is -0.0404. The first-order valence-corrected chi connectivity index (χ1v) is 7.36. The lowest BCUT2D eigenvalue weighted by Crippen LogP contribution is -2.47. The van der Waals surface area contributed by atoms with Crippen LogP contribution < -0.4 is 9.80 Å². The van der Waals surface area contributed by atoms with Crippen molar-refractivity contribution in [3.63, 3.8) is 0 Å². The van der Waals surface area contributed by atoms with E-state index < -0.39 is 4.92 Å². The third kappa shape index (κ3) is 2.83. The number of nitro groups is 1. The zero-order valence-corrected chi connectivity index (χ0v) is 13.0. The highest BCUT2D eigenvalue weighted by molar-refractivity contribution is 6.11. The van der Waals surface area contributed by atoms with E-state index in [0.717, 1.165) is 0 Å². The van der Waals surface area contributed by atoms with Crippen LogP contribution >= 0.6 is 0 Å². The lowest BCUT2D eigenvalue weighted by Gasteiger charge is -2.34. The lowest BCUT2D eigenvalue weighted by molar-refractivity contribution is -0.384. The molecule has 0 saturated heterocycles. The SMILES string of the molecule is CN1C(=O)CN(C(=O)Cc2cccc([N+](=O)[O-])c2)c2ccccc21. The number of fused-ring (bicyclic) bond motifs is 1. The number of hydrogen-bond donors (Lipinski definition) is 0. The fourth-order valence-electron chi connectivity index (χ4n) is 2.71.